The second kappa shape index (κ2) is 5.14. The van der Waals surface area contributed by atoms with Crippen molar-refractivity contribution in [3.63, 3.8) is 0 Å². The van der Waals surface area contributed by atoms with Crippen molar-refractivity contribution in [1.82, 2.24) is 0 Å². The van der Waals surface area contributed by atoms with Crippen molar-refractivity contribution in [3.8, 4) is 0 Å². The molecule has 0 atom stereocenters. The molecule has 2 aromatic rings. The van der Waals surface area contributed by atoms with E-state index in [2.05, 4.69) is 63.2 Å². The normalized spacial score (nSPS) is 27.0. The van der Waals surface area contributed by atoms with E-state index in [4.69, 9.17) is 0 Å². The highest BCUT2D eigenvalue weighted by Crippen LogP contribution is 2.46. The van der Waals surface area contributed by atoms with Gasteiger partial charge in [-0.3, -0.25) is 0 Å². The zero-order valence-corrected chi connectivity index (χ0v) is 13.4. The van der Waals surface area contributed by atoms with Crippen LogP contribution in [0, 0.1) is 11.3 Å². The molecule has 0 aliphatic heterocycles. The molecule has 1 aliphatic rings. The molecule has 2 aromatic carbocycles. The van der Waals surface area contributed by atoms with E-state index in [0.29, 0.717) is 11.3 Å². The molecule has 1 heteroatoms. The summed E-state index contributed by atoms with van der Waals surface area (Å²) >= 11 is 0. The van der Waals surface area contributed by atoms with Gasteiger partial charge in [-0.15, -0.1) is 0 Å². The molecule has 3 rings (SSSR count). The Balaban J connectivity index is 1.93. The standard InChI is InChI=1S/C20H26O/c1-19(2,3)16-11-13-20(21,14-12-16)18-10-6-8-15-7-4-5-9-17(15)18/h4-10,16,21H,11-14H2,1-3H3. The van der Waals surface area contributed by atoms with Crippen molar-refractivity contribution in [1.29, 1.82) is 0 Å². The fourth-order valence-electron chi connectivity index (χ4n) is 3.86. The van der Waals surface area contributed by atoms with Crippen LogP contribution in [0.4, 0.5) is 0 Å². The lowest BCUT2D eigenvalue weighted by molar-refractivity contribution is -0.0286. The maximum atomic E-state index is 11.2. The zero-order valence-electron chi connectivity index (χ0n) is 13.4. The summed E-state index contributed by atoms with van der Waals surface area (Å²) in [5.74, 6) is 0.716. The van der Waals surface area contributed by atoms with Crippen LogP contribution in [0.25, 0.3) is 10.8 Å². The Morgan fingerprint density at radius 3 is 2.24 bits per heavy atom. The molecule has 0 unspecified atom stereocenters. The quantitative estimate of drug-likeness (QED) is 0.756. The Morgan fingerprint density at radius 1 is 0.952 bits per heavy atom. The molecule has 1 nitrogen and oxygen atoms in total. The highest BCUT2D eigenvalue weighted by atomic mass is 16.3. The first-order valence-corrected chi connectivity index (χ1v) is 8.11. The Bertz CT molecular complexity index is 622. The topological polar surface area (TPSA) is 20.2 Å². The molecule has 0 heterocycles. The van der Waals surface area contributed by atoms with E-state index >= 15 is 0 Å². The number of rotatable bonds is 1. The third kappa shape index (κ3) is 2.72. The fraction of sp³-hybridized carbons (Fsp3) is 0.500. The molecule has 0 spiro atoms. The first kappa shape index (κ1) is 14.6. The molecule has 1 aliphatic carbocycles. The summed E-state index contributed by atoms with van der Waals surface area (Å²) in [6, 6.07) is 14.7. The van der Waals surface area contributed by atoms with Gasteiger partial charge in [-0.25, -0.2) is 0 Å². The van der Waals surface area contributed by atoms with E-state index in [-0.39, 0.29) is 0 Å². The molecule has 0 amide bonds. The van der Waals surface area contributed by atoms with Crippen LogP contribution in [0.5, 0.6) is 0 Å². The largest absolute Gasteiger partial charge is 0.385 e. The van der Waals surface area contributed by atoms with Gasteiger partial charge in [-0.05, 0) is 53.4 Å². The van der Waals surface area contributed by atoms with Gasteiger partial charge in [0.15, 0.2) is 0 Å². The average Bonchev–Trinajstić information content (AvgIpc) is 2.46. The van der Waals surface area contributed by atoms with Gasteiger partial charge in [-0.2, -0.15) is 0 Å². The van der Waals surface area contributed by atoms with E-state index in [1.807, 2.05) is 0 Å². The van der Waals surface area contributed by atoms with Crippen LogP contribution in [0.3, 0.4) is 0 Å². The zero-order chi connectivity index (χ0) is 15.1. The molecule has 21 heavy (non-hydrogen) atoms. The maximum Gasteiger partial charge on any atom is 0.0902 e. The molecule has 0 aromatic heterocycles. The number of aliphatic hydroxyl groups is 1. The molecule has 0 radical (unpaired) electrons. The predicted molar refractivity (Wildman–Crippen MR) is 89.3 cm³/mol. The monoisotopic (exact) mass is 282 g/mol. The van der Waals surface area contributed by atoms with Crippen LogP contribution in [0.15, 0.2) is 42.5 Å². The lowest BCUT2D eigenvalue weighted by Gasteiger charge is -2.42. The van der Waals surface area contributed by atoms with E-state index in [1.54, 1.807) is 0 Å². The minimum absolute atomic E-state index is 0.347. The lowest BCUT2D eigenvalue weighted by Crippen LogP contribution is -2.35. The van der Waals surface area contributed by atoms with Crippen molar-refractivity contribution in [2.24, 2.45) is 11.3 Å². The third-order valence-electron chi connectivity index (χ3n) is 5.33. The van der Waals surface area contributed by atoms with Crippen LogP contribution < -0.4 is 0 Å². The molecular weight excluding hydrogens is 256 g/mol. The van der Waals surface area contributed by atoms with Gasteiger partial charge in [0.25, 0.3) is 0 Å². The highest BCUT2D eigenvalue weighted by molar-refractivity contribution is 5.86. The van der Waals surface area contributed by atoms with Crippen molar-refractivity contribution < 1.29 is 5.11 Å². The van der Waals surface area contributed by atoms with E-state index in [9.17, 15) is 5.11 Å². The molecular formula is C20H26O. The Morgan fingerprint density at radius 2 is 1.57 bits per heavy atom. The average molecular weight is 282 g/mol. The lowest BCUT2D eigenvalue weighted by atomic mass is 9.66. The van der Waals surface area contributed by atoms with Gasteiger partial charge in [-0.1, -0.05) is 63.2 Å². The summed E-state index contributed by atoms with van der Waals surface area (Å²) < 4.78 is 0. The summed E-state index contributed by atoms with van der Waals surface area (Å²) in [7, 11) is 0. The Labute approximate surface area is 128 Å². The molecule has 1 fully saturated rings. The van der Waals surface area contributed by atoms with Gasteiger partial charge in [0.2, 0.25) is 0 Å². The summed E-state index contributed by atoms with van der Waals surface area (Å²) in [5, 5.41) is 13.7. The maximum absolute atomic E-state index is 11.2. The second-order valence-electron chi connectivity index (χ2n) is 7.70. The van der Waals surface area contributed by atoms with Gasteiger partial charge in [0, 0.05) is 0 Å². The second-order valence-corrected chi connectivity index (χ2v) is 7.70. The first-order valence-electron chi connectivity index (χ1n) is 8.11. The third-order valence-corrected chi connectivity index (χ3v) is 5.33. The van der Waals surface area contributed by atoms with Gasteiger partial charge >= 0.3 is 0 Å². The minimum atomic E-state index is -0.650. The number of benzene rings is 2. The number of fused-ring (bicyclic) bond motifs is 1. The van der Waals surface area contributed by atoms with Crippen LogP contribution in [0.2, 0.25) is 0 Å². The van der Waals surface area contributed by atoms with Crippen molar-refractivity contribution in [3.05, 3.63) is 48.0 Å². The highest BCUT2D eigenvalue weighted by Gasteiger charge is 2.39. The SMILES string of the molecule is CC(C)(C)C1CCC(O)(c2cccc3ccccc23)CC1. The molecule has 112 valence electrons. The Hall–Kier alpha value is -1.34. The first-order chi connectivity index (χ1) is 9.90. The summed E-state index contributed by atoms with van der Waals surface area (Å²) in [4.78, 5) is 0. The Kier molecular flexibility index (Phi) is 3.57. The van der Waals surface area contributed by atoms with Crippen molar-refractivity contribution >= 4 is 10.8 Å². The van der Waals surface area contributed by atoms with Gasteiger partial charge in [0.1, 0.15) is 0 Å². The van der Waals surface area contributed by atoms with Gasteiger partial charge < -0.3 is 5.11 Å². The number of hydrogen-bond donors (Lipinski definition) is 1. The van der Waals surface area contributed by atoms with Crippen molar-refractivity contribution in [2.45, 2.75) is 52.1 Å². The van der Waals surface area contributed by atoms with Crippen LogP contribution >= 0.6 is 0 Å². The molecule has 0 saturated heterocycles. The molecule has 1 saturated carbocycles. The summed E-state index contributed by atoms with van der Waals surface area (Å²) in [5.41, 5.74) is 0.816. The summed E-state index contributed by atoms with van der Waals surface area (Å²) in [6.45, 7) is 6.96. The minimum Gasteiger partial charge on any atom is -0.385 e. The summed E-state index contributed by atoms with van der Waals surface area (Å²) in [6.07, 6.45) is 3.98. The molecule has 0 bridgehead atoms. The molecule has 1 N–H and O–H groups in total. The number of hydrogen-bond acceptors (Lipinski definition) is 1. The van der Waals surface area contributed by atoms with Crippen LogP contribution in [-0.2, 0) is 5.60 Å². The van der Waals surface area contributed by atoms with E-state index in [0.717, 1.165) is 31.2 Å². The van der Waals surface area contributed by atoms with Crippen LogP contribution in [0.1, 0.15) is 52.0 Å². The van der Waals surface area contributed by atoms with Crippen molar-refractivity contribution in [2.75, 3.05) is 0 Å². The fourth-order valence-corrected chi connectivity index (χ4v) is 3.86. The smallest absolute Gasteiger partial charge is 0.0902 e. The van der Waals surface area contributed by atoms with Crippen LogP contribution in [-0.4, -0.2) is 5.11 Å². The predicted octanol–water partition coefficient (Wildman–Crippen LogP) is 5.26. The van der Waals surface area contributed by atoms with E-state index in [1.165, 1.54) is 10.8 Å². The van der Waals surface area contributed by atoms with E-state index < -0.39 is 5.60 Å². The van der Waals surface area contributed by atoms with Gasteiger partial charge in [0.05, 0.1) is 5.60 Å².